The third-order valence-electron chi connectivity index (χ3n) is 2.62. The van der Waals surface area contributed by atoms with Crippen LogP contribution < -0.4 is 4.72 Å². The third kappa shape index (κ3) is 3.76. The lowest BCUT2D eigenvalue weighted by molar-refractivity contribution is 0.0596. The maximum absolute atomic E-state index is 12.2. The summed E-state index contributed by atoms with van der Waals surface area (Å²) in [5.74, 6) is -0.724. The SMILES string of the molecule is CC[C@@H](CO)NS(=O)(=O)c1ccccc1C(=O)OC. The number of rotatable bonds is 6. The Morgan fingerprint density at radius 3 is 2.58 bits per heavy atom. The lowest BCUT2D eigenvalue weighted by Gasteiger charge is -2.15. The van der Waals surface area contributed by atoms with Gasteiger partial charge in [-0.15, -0.1) is 0 Å². The van der Waals surface area contributed by atoms with Gasteiger partial charge in [0.15, 0.2) is 0 Å². The molecule has 0 spiro atoms. The molecule has 7 heteroatoms. The van der Waals surface area contributed by atoms with E-state index in [1.165, 1.54) is 25.3 Å². The predicted molar refractivity (Wildman–Crippen MR) is 69.3 cm³/mol. The van der Waals surface area contributed by atoms with Crippen LogP contribution in [0.5, 0.6) is 0 Å². The van der Waals surface area contributed by atoms with E-state index in [9.17, 15) is 13.2 Å². The first kappa shape index (κ1) is 15.6. The van der Waals surface area contributed by atoms with E-state index in [0.29, 0.717) is 6.42 Å². The highest BCUT2D eigenvalue weighted by Gasteiger charge is 2.24. The van der Waals surface area contributed by atoms with Gasteiger partial charge in [0.25, 0.3) is 0 Å². The van der Waals surface area contributed by atoms with E-state index in [1.807, 2.05) is 0 Å². The summed E-state index contributed by atoms with van der Waals surface area (Å²) in [4.78, 5) is 11.4. The number of hydrogen-bond acceptors (Lipinski definition) is 5. The van der Waals surface area contributed by atoms with Gasteiger partial charge in [-0.1, -0.05) is 19.1 Å². The van der Waals surface area contributed by atoms with Gasteiger partial charge >= 0.3 is 5.97 Å². The summed E-state index contributed by atoms with van der Waals surface area (Å²) in [5.41, 5.74) is -0.0368. The lowest BCUT2D eigenvalue weighted by atomic mass is 10.2. The average Bonchev–Trinajstić information content (AvgIpc) is 2.43. The number of sulfonamides is 1. The molecule has 0 fully saturated rings. The van der Waals surface area contributed by atoms with Gasteiger partial charge in [-0.05, 0) is 18.6 Å². The van der Waals surface area contributed by atoms with Crippen LogP contribution in [0.15, 0.2) is 29.2 Å². The smallest absolute Gasteiger partial charge is 0.339 e. The Hall–Kier alpha value is -1.44. The Bertz CT molecular complexity index is 537. The standard InChI is InChI=1S/C12H17NO5S/c1-3-9(8-14)13-19(16,17)11-7-5-4-6-10(11)12(15)18-2/h4-7,9,13-14H,3,8H2,1-2H3/t9-/m0/s1. The summed E-state index contributed by atoms with van der Waals surface area (Å²) in [7, 11) is -2.70. The van der Waals surface area contributed by atoms with Crippen LogP contribution in [-0.2, 0) is 14.8 Å². The molecule has 1 aromatic carbocycles. The zero-order chi connectivity index (χ0) is 14.5. The Balaban J connectivity index is 3.18. The van der Waals surface area contributed by atoms with Gasteiger partial charge < -0.3 is 9.84 Å². The van der Waals surface area contributed by atoms with Crippen molar-refractivity contribution in [2.45, 2.75) is 24.3 Å². The molecule has 1 atom stereocenters. The van der Waals surface area contributed by atoms with Crippen molar-refractivity contribution in [1.82, 2.24) is 4.72 Å². The molecule has 0 saturated heterocycles. The van der Waals surface area contributed by atoms with Crippen molar-refractivity contribution in [3.63, 3.8) is 0 Å². The maximum atomic E-state index is 12.2. The van der Waals surface area contributed by atoms with E-state index in [4.69, 9.17) is 5.11 Å². The highest BCUT2D eigenvalue weighted by Crippen LogP contribution is 2.16. The molecular weight excluding hydrogens is 270 g/mol. The largest absolute Gasteiger partial charge is 0.465 e. The average molecular weight is 287 g/mol. The fourth-order valence-electron chi connectivity index (χ4n) is 1.51. The van der Waals surface area contributed by atoms with E-state index in [1.54, 1.807) is 13.0 Å². The number of aliphatic hydroxyl groups is 1. The molecule has 0 amide bonds. The zero-order valence-corrected chi connectivity index (χ0v) is 11.6. The van der Waals surface area contributed by atoms with Gasteiger partial charge in [-0.2, -0.15) is 0 Å². The maximum Gasteiger partial charge on any atom is 0.339 e. The second-order valence-electron chi connectivity index (χ2n) is 3.90. The van der Waals surface area contributed by atoms with Gasteiger partial charge in [0.2, 0.25) is 10.0 Å². The molecule has 0 unspecified atom stereocenters. The van der Waals surface area contributed by atoms with Gasteiger partial charge in [-0.3, -0.25) is 0 Å². The minimum atomic E-state index is -3.88. The van der Waals surface area contributed by atoms with Crippen molar-refractivity contribution in [3.8, 4) is 0 Å². The summed E-state index contributed by atoms with van der Waals surface area (Å²) < 4.78 is 31.2. The van der Waals surface area contributed by atoms with Gasteiger partial charge in [0, 0.05) is 6.04 Å². The van der Waals surface area contributed by atoms with E-state index in [2.05, 4.69) is 9.46 Å². The van der Waals surface area contributed by atoms with Crippen molar-refractivity contribution in [3.05, 3.63) is 29.8 Å². The van der Waals surface area contributed by atoms with Gasteiger partial charge in [0.05, 0.1) is 24.2 Å². The molecule has 0 radical (unpaired) electrons. The van der Waals surface area contributed by atoms with Gasteiger partial charge in [-0.25, -0.2) is 17.9 Å². The lowest BCUT2D eigenvalue weighted by Crippen LogP contribution is -2.37. The number of carbonyl (C=O) groups is 1. The topological polar surface area (TPSA) is 92.7 Å². The van der Waals surface area contributed by atoms with E-state index in [0.717, 1.165) is 0 Å². The molecule has 0 aliphatic rings. The predicted octanol–water partition coefficient (Wildman–Crippen LogP) is 0.522. The Labute approximate surface area is 112 Å². The molecule has 6 nitrogen and oxygen atoms in total. The number of aliphatic hydroxyl groups excluding tert-OH is 1. The summed E-state index contributed by atoms with van der Waals surface area (Å²) in [6.45, 7) is 1.44. The van der Waals surface area contributed by atoms with Crippen molar-refractivity contribution < 1.29 is 23.1 Å². The number of ether oxygens (including phenoxy) is 1. The molecule has 0 heterocycles. The second-order valence-corrected chi connectivity index (χ2v) is 5.58. The monoisotopic (exact) mass is 287 g/mol. The van der Waals surface area contributed by atoms with Crippen molar-refractivity contribution in [2.24, 2.45) is 0 Å². The van der Waals surface area contributed by atoms with Crippen LogP contribution >= 0.6 is 0 Å². The fraction of sp³-hybridized carbons (Fsp3) is 0.417. The van der Waals surface area contributed by atoms with Crippen LogP contribution in [0.4, 0.5) is 0 Å². The van der Waals surface area contributed by atoms with Crippen LogP contribution in [0, 0.1) is 0 Å². The minimum absolute atomic E-state index is 0.0368. The second kappa shape index (κ2) is 6.65. The Morgan fingerprint density at radius 2 is 2.05 bits per heavy atom. The Morgan fingerprint density at radius 1 is 1.42 bits per heavy atom. The first-order valence-electron chi connectivity index (χ1n) is 5.76. The first-order valence-corrected chi connectivity index (χ1v) is 7.25. The zero-order valence-electron chi connectivity index (χ0n) is 10.8. The van der Waals surface area contributed by atoms with Crippen molar-refractivity contribution in [2.75, 3.05) is 13.7 Å². The highest BCUT2D eigenvalue weighted by atomic mass is 32.2. The number of esters is 1. The number of hydrogen-bond donors (Lipinski definition) is 2. The van der Waals surface area contributed by atoms with Crippen molar-refractivity contribution >= 4 is 16.0 Å². The molecule has 0 aliphatic carbocycles. The molecule has 0 aliphatic heterocycles. The van der Waals surface area contributed by atoms with Crippen LogP contribution in [0.2, 0.25) is 0 Å². The third-order valence-corrected chi connectivity index (χ3v) is 4.20. The number of carbonyl (C=O) groups excluding carboxylic acids is 1. The molecule has 106 valence electrons. The first-order chi connectivity index (χ1) is 8.96. The minimum Gasteiger partial charge on any atom is -0.465 e. The fourth-order valence-corrected chi connectivity index (χ4v) is 3.02. The number of nitrogens with one attached hydrogen (secondary N) is 1. The molecular formula is C12H17NO5S. The molecule has 0 aromatic heterocycles. The van der Waals surface area contributed by atoms with Crippen molar-refractivity contribution in [1.29, 1.82) is 0 Å². The molecule has 0 saturated carbocycles. The van der Waals surface area contributed by atoms with Crippen LogP contribution in [0.1, 0.15) is 23.7 Å². The molecule has 2 N–H and O–H groups in total. The number of methoxy groups -OCH3 is 1. The van der Waals surface area contributed by atoms with Gasteiger partial charge in [0.1, 0.15) is 0 Å². The summed E-state index contributed by atoms with van der Waals surface area (Å²) in [5, 5.41) is 9.04. The van der Waals surface area contributed by atoms with E-state index >= 15 is 0 Å². The quantitative estimate of drug-likeness (QED) is 0.744. The normalized spacial score (nSPS) is 13.0. The summed E-state index contributed by atoms with van der Waals surface area (Å²) in [6, 6.07) is 5.17. The summed E-state index contributed by atoms with van der Waals surface area (Å²) in [6.07, 6.45) is 0.441. The van der Waals surface area contributed by atoms with E-state index < -0.39 is 22.0 Å². The highest BCUT2D eigenvalue weighted by molar-refractivity contribution is 7.89. The molecule has 1 aromatic rings. The van der Waals surface area contributed by atoms with Crippen LogP contribution in [0.25, 0.3) is 0 Å². The summed E-state index contributed by atoms with van der Waals surface area (Å²) >= 11 is 0. The molecule has 0 bridgehead atoms. The van der Waals surface area contributed by atoms with Crippen LogP contribution in [-0.4, -0.2) is 39.3 Å². The molecule has 1 rings (SSSR count). The van der Waals surface area contributed by atoms with Crippen LogP contribution in [0.3, 0.4) is 0 Å². The Kier molecular flexibility index (Phi) is 5.46. The number of benzene rings is 1. The van der Waals surface area contributed by atoms with E-state index in [-0.39, 0.29) is 17.1 Å². The molecule has 19 heavy (non-hydrogen) atoms.